The highest BCUT2D eigenvalue weighted by Crippen LogP contribution is 2.28. The van der Waals surface area contributed by atoms with Crippen LogP contribution in [0.1, 0.15) is 39.8 Å². The summed E-state index contributed by atoms with van der Waals surface area (Å²) in [6, 6.07) is 8.36. The molecule has 0 aliphatic carbocycles. The first-order chi connectivity index (χ1) is 12.9. The van der Waals surface area contributed by atoms with Crippen LogP contribution in [0.25, 0.3) is 0 Å². The molecule has 7 nitrogen and oxygen atoms in total. The van der Waals surface area contributed by atoms with Crippen molar-refractivity contribution in [3.63, 3.8) is 0 Å². The van der Waals surface area contributed by atoms with E-state index >= 15 is 0 Å². The normalized spacial score (nSPS) is 10.2. The van der Waals surface area contributed by atoms with Crippen LogP contribution >= 0.6 is 27.3 Å². The predicted molar refractivity (Wildman–Crippen MR) is 105 cm³/mol. The number of halogens is 1. The van der Waals surface area contributed by atoms with Gasteiger partial charge in [0.25, 0.3) is 5.91 Å². The summed E-state index contributed by atoms with van der Waals surface area (Å²) >= 11 is 4.55. The Morgan fingerprint density at radius 3 is 2.52 bits per heavy atom. The van der Waals surface area contributed by atoms with E-state index in [1.165, 1.54) is 25.4 Å². The second kappa shape index (κ2) is 10.1. The Morgan fingerprint density at radius 2 is 1.89 bits per heavy atom. The molecule has 1 aromatic carbocycles. The average Bonchev–Trinajstić information content (AvgIpc) is 3.09. The van der Waals surface area contributed by atoms with E-state index in [0.29, 0.717) is 28.4 Å². The maximum Gasteiger partial charge on any atom is 0.279 e. The molecule has 2 N–H and O–H groups in total. The highest BCUT2D eigenvalue weighted by Gasteiger charge is 2.11. The summed E-state index contributed by atoms with van der Waals surface area (Å²) < 4.78 is 11.7. The molecule has 2 amide bonds. The Morgan fingerprint density at radius 1 is 1.11 bits per heavy atom. The fraction of sp³-hybridized carbons (Fsp3) is 0.278. The maximum absolute atomic E-state index is 11.8. The fourth-order valence-corrected chi connectivity index (χ4v) is 3.39. The lowest BCUT2D eigenvalue weighted by atomic mass is 10.1. The lowest BCUT2D eigenvalue weighted by Crippen LogP contribution is -2.41. The lowest BCUT2D eigenvalue weighted by molar-refractivity contribution is -0.122. The van der Waals surface area contributed by atoms with Crippen LogP contribution in [-0.4, -0.2) is 31.3 Å². The molecule has 0 saturated carbocycles. The van der Waals surface area contributed by atoms with Crippen molar-refractivity contribution in [3.8, 4) is 11.5 Å². The molecule has 0 spiro atoms. The van der Waals surface area contributed by atoms with Gasteiger partial charge in [-0.3, -0.25) is 25.2 Å². The number of ketones is 1. The minimum absolute atomic E-state index is 0.0616. The lowest BCUT2D eigenvalue weighted by Gasteiger charge is -2.11. The molecule has 1 heterocycles. The van der Waals surface area contributed by atoms with Crippen LogP contribution in [0.4, 0.5) is 0 Å². The van der Waals surface area contributed by atoms with Crippen LogP contribution in [-0.2, 0) is 4.79 Å². The number of nitrogens with one attached hydrogen (secondary N) is 2. The fourth-order valence-electron chi connectivity index (χ4n) is 2.11. The quantitative estimate of drug-likeness (QED) is 0.362. The molecular weight excluding hydrogens is 436 g/mol. The van der Waals surface area contributed by atoms with Gasteiger partial charge in [0.15, 0.2) is 17.3 Å². The number of amides is 2. The number of methoxy groups -OCH3 is 1. The Labute approximate surface area is 169 Å². The number of rotatable bonds is 8. The van der Waals surface area contributed by atoms with E-state index in [1.54, 1.807) is 30.3 Å². The number of carbonyl (C=O) groups excluding carboxylic acids is 3. The number of hydrazine groups is 1. The maximum atomic E-state index is 11.8. The summed E-state index contributed by atoms with van der Waals surface area (Å²) in [6.45, 7) is 1.76. The van der Waals surface area contributed by atoms with Gasteiger partial charge in [-0.2, -0.15) is 0 Å². The largest absolute Gasteiger partial charge is 0.493 e. The molecule has 0 saturated heterocycles. The topological polar surface area (TPSA) is 93.7 Å². The van der Waals surface area contributed by atoms with Crippen LogP contribution in [0.2, 0.25) is 0 Å². The predicted octanol–water partition coefficient (Wildman–Crippen LogP) is 3.34. The van der Waals surface area contributed by atoms with Crippen molar-refractivity contribution in [1.29, 1.82) is 0 Å². The van der Waals surface area contributed by atoms with Gasteiger partial charge in [-0.1, -0.05) is 0 Å². The number of hydrogen-bond acceptors (Lipinski definition) is 6. The second-order valence-corrected chi connectivity index (χ2v) is 7.94. The van der Waals surface area contributed by atoms with E-state index in [2.05, 4.69) is 26.8 Å². The average molecular weight is 455 g/mol. The van der Waals surface area contributed by atoms with Crippen LogP contribution in [0, 0.1) is 0 Å². The molecule has 9 heteroatoms. The highest BCUT2D eigenvalue weighted by atomic mass is 79.9. The Kier molecular flexibility index (Phi) is 7.81. The zero-order valence-corrected chi connectivity index (χ0v) is 17.2. The van der Waals surface area contributed by atoms with Gasteiger partial charge in [-0.15, -0.1) is 11.3 Å². The molecule has 0 radical (unpaired) electrons. The molecule has 144 valence electrons. The molecule has 2 aromatic rings. The smallest absolute Gasteiger partial charge is 0.279 e. The molecule has 27 heavy (non-hydrogen) atoms. The molecule has 2 rings (SSSR count). The minimum Gasteiger partial charge on any atom is -0.493 e. The summed E-state index contributed by atoms with van der Waals surface area (Å²) in [5.41, 5.74) is 5.26. The molecular formula is C18H19BrN2O5S. The van der Waals surface area contributed by atoms with Crippen molar-refractivity contribution in [2.75, 3.05) is 13.7 Å². The van der Waals surface area contributed by atoms with E-state index in [1.807, 2.05) is 0 Å². The van der Waals surface area contributed by atoms with E-state index in [-0.39, 0.29) is 30.6 Å². The highest BCUT2D eigenvalue weighted by molar-refractivity contribution is 9.11. The zero-order valence-electron chi connectivity index (χ0n) is 14.8. The van der Waals surface area contributed by atoms with Crippen molar-refractivity contribution < 1.29 is 23.9 Å². The Hall–Kier alpha value is -2.39. The van der Waals surface area contributed by atoms with E-state index in [0.717, 1.165) is 3.79 Å². The van der Waals surface area contributed by atoms with E-state index in [4.69, 9.17) is 9.47 Å². The Bertz CT molecular complexity index is 837. The molecule has 0 aliphatic rings. The van der Waals surface area contributed by atoms with Crippen LogP contribution < -0.4 is 20.3 Å². The number of Topliss-reactive ketones (excluding diaryl/α,β-unsaturated/α-hetero) is 1. The molecule has 0 bridgehead atoms. The second-order valence-electron chi connectivity index (χ2n) is 5.48. The van der Waals surface area contributed by atoms with Crippen molar-refractivity contribution in [1.82, 2.24) is 10.9 Å². The van der Waals surface area contributed by atoms with Crippen molar-refractivity contribution in [2.24, 2.45) is 0 Å². The molecule has 0 aliphatic heterocycles. The van der Waals surface area contributed by atoms with Crippen molar-refractivity contribution in [3.05, 3.63) is 44.6 Å². The number of thiophene rings is 1. The minimum atomic E-state index is -0.370. The van der Waals surface area contributed by atoms with Crippen LogP contribution in [0.15, 0.2) is 34.1 Å². The first-order valence-corrected chi connectivity index (χ1v) is 9.68. The Balaban J connectivity index is 1.72. The summed E-state index contributed by atoms with van der Waals surface area (Å²) in [6.07, 6.45) is 0.631. The van der Waals surface area contributed by atoms with Gasteiger partial charge in [-0.25, -0.2) is 0 Å². The third-order valence-corrected chi connectivity index (χ3v) is 5.11. The van der Waals surface area contributed by atoms with E-state index < -0.39 is 0 Å². The molecule has 0 unspecified atom stereocenters. The van der Waals surface area contributed by atoms with Gasteiger partial charge in [0, 0.05) is 12.0 Å². The van der Waals surface area contributed by atoms with Gasteiger partial charge in [-0.05, 0) is 59.6 Å². The van der Waals surface area contributed by atoms with Crippen molar-refractivity contribution in [2.45, 2.75) is 19.8 Å². The van der Waals surface area contributed by atoms with Gasteiger partial charge in [0.05, 0.1) is 22.4 Å². The van der Waals surface area contributed by atoms with Gasteiger partial charge >= 0.3 is 0 Å². The molecule has 1 aromatic heterocycles. The molecule has 0 fully saturated rings. The van der Waals surface area contributed by atoms with Crippen LogP contribution in [0.5, 0.6) is 11.5 Å². The van der Waals surface area contributed by atoms with Gasteiger partial charge in [0.1, 0.15) is 0 Å². The number of benzene rings is 1. The summed E-state index contributed by atoms with van der Waals surface area (Å²) in [5.74, 6) is 0.210. The third-order valence-electron chi connectivity index (χ3n) is 3.49. The summed E-state index contributed by atoms with van der Waals surface area (Å²) in [4.78, 5) is 35.5. The van der Waals surface area contributed by atoms with Gasteiger partial charge < -0.3 is 9.47 Å². The first kappa shape index (κ1) is 20.9. The first-order valence-electron chi connectivity index (χ1n) is 8.07. The third kappa shape index (κ3) is 6.37. The number of ether oxygens (including phenoxy) is 2. The summed E-state index contributed by atoms with van der Waals surface area (Å²) in [7, 11) is 1.49. The zero-order chi connectivity index (χ0) is 19.8. The number of carbonyl (C=O) groups is 3. The number of hydrogen-bond donors (Lipinski definition) is 2. The van der Waals surface area contributed by atoms with Crippen LogP contribution in [0.3, 0.4) is 0 Å². The monoisotopic (exact) mass is 454 g/mol. The van der Waals surface area contributed by atoms with Crippen molar-refractivity contribution >= 4 is 44.9 Å². The molecule has 0 atom stereocenters. The summed E-state index contributed by atoms with van der Waals surface area (Å²) in [5, 5.41) is 0. The standard InChI is InChI=1S/C18H19BrN2O5S/c1-11(22)12-5-6-13(14(10-12)25-2)26-9-3-4-17(23)20-21-18(24)15-7-8-16(19)27-15/h5-8,10H,3-4,9H2,1-2H3,(H,20,23)(H,21,24). The van der Waals surface area contributed by atoms with E-state index in [9.17, 15) is 14.4 Å². The SMILES string of the molecule is COc1cc(C(C)=O)ccc1OCCCC(=O)NNC(=O)c1ccc(Br)s1. The van der Waals surface area contributed by atoms with Gasteiger partial charge in [0.2, 0.25) is 5.91 Å².